The number of nitrogens with zero attached hydrogens (tertiary/aromatic N) is 2. The maximum absolute atomic E-state index is 12.0. The van der Waals surface area contributed by atoms with Crippen LogP contribution in [0.25, 0.3) is 0 Å². The van der Waals surface area contributed by atoms with Gasteiger partial charge in [-0.25, -0.2) is 4.79 Å². The zero-order valence-corrected chi connectivity index (χ0v) is 11.7. The van der Waals surface area contributed by atoms with Crippen molar-refractivity contribution in [2.24, 2.45) is 0 Å². The molecule has 0 N–H and O–H groups in total. The molecule has 0 aromatic carbocycles. The second kappa shape index (κ2) is 7.03. The molecule has 2 rings (SSSR count). The minimum absolute atomic E-state index is 0.144. The Morgan fingerprint density at radius 1 is 1.35 bits per heavy atom. The van der Waals surface area contributed by atoms with Crippen LogP contribution in [-0.2, 0) is 9.53 Å². The lowest BCUT2D eigenvalue weighted by Gasteiger charge is -2.31. The van der Waals surface area contributed by atoms with E-state index in [1.165, 1.54) is 12.6 Å². The molecule has 1 aliphatic rings. The van der Waals surface area contributed by atoms with Crippen molar-refractivity contribution in [1.29, 1.82) is 0 Å². The summed E-state index contributed by atoms with van der Waals surface area (Å²) in [5.41, 5.74) is 0.362. The fourth-order valence-corrected chi connectivity index (χ4v) is 2.47. The smallest absolute Gasteiger partial charge is 0.340 e. The minimum Gasteiger partial charge on any atom is -0.452 e. The first kappa shape index (κ1) is 14.5. The van der Waals surface area contributed by atoms with Gasteiger partial charge in [-0.2, -0.15) is 0 Å². The fourth-order valence-electron chi connectivity index (χ4n) is 2.47. The van der Waals surface area contributed by atoms with Gasteiger partial charge < -0.3 is 9.64 Å². The van der Waals surface area contributed by atoms with Gasteiger partial charge in [-0.05, 0) is 25.0 Å². The highest BCUT2D eigenvalue weighted by molar-refractivity contribution is 5.90. The van der Waals surface area contributed by atoms with Gasteiger partial charge in [0.1, 0.15) is 0 Å². The monoisotopic (exact) mass is 276 g/mol. The number of carbonyl (C=O) groups is 2. The van der Waals surface area contributed by atoms with E-state index < -0.39 is 5.97 Å². The number of esters is 1. The molecule has 5 heteroatoms. The lowest BCUT2D eigenvalue weighted by molar-refractivity contribution is -0.135. The van der Waals surface area contributed by atoms with Gasteiger partial charge in [0.05, 0.1) is 5.56 Å². The molecule has 1 fully saturated rings. The van der Waals surface area contributed by atoms with Gasteiger partial charge in [0.15, 0.2) is 6.61 Å². The van der Waals surface area contributed by atoms with Crippen molar-refractivity contribution in [2.75, 3.05) is 13.7 Å². The summed E-state index contributed by atoms with van der Waals surface area (Å²) in [6, 6.07) is 3.56. The molecule has 1 aromatic heterocycles. The predicted octanol–water partition coefficient (Wildman–Crippen LogP) is 2.03. The van der Waals surface area contributed by atoms with E-state index in [1.54, 1.807) is 30.3 Å². The summed E-state index contributed by atoms with van der Waals surface area (Å²) in [5, 5.41) is 0. The Kier molecular flexibility index (Phi) is 5.09. The van der Waals surface area contributed by atoms with E-state index in [0.29, 0.717) is 5.56 Å². The van der Waals surface area contributed by atoms with Gasteiger partial charge in [-0.3, -0.25) is 9.78 Å². The van der Waals surface area contributed by atoms with Crippen LogP contribution < -0.4 is 0 Å². The Balaban J connectivity index is 1.81. The van der Waals surface area contributed by atoms with Crippen LogP contribution >= 0.6 is 0 Å². The van der Waals surface area contributed by atoms with Gasteiger partial charge >= 0.3 is 5.97 Å². The molecule has 108 valence electrons. The van der Waals surface area contributed by atoms with Crippen molar-refractivity contribution >= 4 is 11.9 Å². The van der Waals surface area contributed by atoms with E-state index in [1.807, 2.05) is 0 Å². The van der Waals surface area contributed by atoms with Crippen molar-refractivity contribution in [1.82, 2.24) is 9.88 Å². The largest absolute Gasteiger partial charge is 0.452 e. The summed E-state index contributed by atoms with van der Waals surface area (Å²) >= 11 is 0. The topological polar surface area (TPSA) is 59.5 Å². The first-order valence-electron chi connectivity index (χ1n) is 7.01. The van der Waals surface area contributed by atoms with Gasteiger partial charge in [0.25, 0.3) is 5.91 Å². The molecule has 0 saturated heterocycles. The van der Waals surface area contributed by atoms with Crippen LogP contribution in [0.3, 0.4) is 0 Å². The summed E-state index contributed by atoms with van der Waals surface area (Å²) in [6.45, 7) is -0.208. The molecule has 0 atom stereocenters. The lowest BCUT2D eigenvalue weighted by Crippen LogP contribution is -2.40. The number of hydrogen-bond donors (Lipinski definition) is 0. The van der Waals surface area contributed by atoms with Crippen LogP contribution in [0, 0.1) is 0 Å². The van der Waals surface area contributed by atoms with Crippen LogP contribution in [0.5, 0.6) is 0 Å². The average Bonchev–Trinajstić information content (AvgIpc) is 2.53. The highest BCUT2D eigenvalue weighted by Crippen LogP contribution is 2.21. The first-order chi connectivity index (χ1) is 9.68. The van der Waals surface area contributed by atoms with Crippen LogP contribution in [0.1, 0.15) is 42.5 Å². The molecule has 0 aliphatic heterocycles. The number of hydrogen-bond acceptors (Lipinski definition) is 4. The molecule has 1 aromatic rings. The number of pyridine rings is 1. The Morgan fingerprint density at radius 2 is 2.10 bits per heavy atom. The highest BCUT2D eigenvalue weighted by Gasteiger charge is 2.22. The van der Waals surface area contributed by atoms with Gasteiger partial charge in [0, 0.05) is 25.5 Å². The fraction of sp³-hybridized carbons (Fsp3) is 0.533. The quantitative estimate of drug-likeness (QED) is 0.789. The van der Waals surface area contributed by atoms with Gasteiger partial charge in [0.2, 0.25) is 0 Å². The van der Waals surface area contributed by atoms with E-state index in [4.69, 9.17) is 4.74 Å². The second-order valence-electron chi connectivity index (χ2n) is 5.11. The molecule has 1 amide bonds. The summed E-state index contributed by atoms with van der Waals surface area (Å²) in [4.78, 5) is 29.3. The van der Waals surface area contributed by atoms with Crippen molar-refractivity contribution in [2.45, 2.75) is 38.1 Å². The summed E-state index contributed by atoms with van der Waals surface area (Å²) in [6.07, 6.45) is 8.66. The van der Waals surface area contributed by atoms with Crippen LogP contribution in [0.15, 0.2) is 24.5 Å². The Bertz CT molecular complexity index is 455. The minimum atomic E-state index is -0.511. The number of aromatic nitrogens is 1. The average molecular weight is 276 g/mol. The molecule has 0 radical (unpaired) electrons. The molecule has 1 saturated carbocycles. The third kappa shape index (κ3) is 3.79. The number of likely N-dealkylation sites (N-methyl/N-ethyl adjacent to an activating group) is 1. The Labute approximate surface area is 118 Å². The molecule has 1 aliphatic carbocycles. The van der Waals surface area contributed by atoms with Gasteiger partial charge in [-0.1, -0.05) is 19.3 Å². The van der Waals surface area contributed by atoms with Gasteiger partial charge in [-0.15, -0.1) is 0 Å². The summed E-state index contributed by atoms with van der Waals surface area (Å²) < 4.78 is 5.03. The van der Waals surface area contributed by atoms with Crippen LogP contribution in [-0.4, -0.2) is 41.5 Å². The molecular weight excluding hydrogens is 256 g/mol. The highest BCUT2D eigenvalue weighted by atomic mass is 16.5. The number of carbonyl (C=O) groups excluding carboxylic acids is 2. The van der Waals surface area contributed by atoms with E-state index in [2.05, 4.69) is 4.98 Å². The zero-order valence-electron chi connectivity index (χ0n) is 11.7. The SMILES string of the molecule is CN(C(=O)COC(=O)c1cccnc1)C1CCCCC1. The maximum Gasteiger partial charge on any atom is 0.340 e. The number of amides is 1. The zero-order chi connectivity index (χ0) is 14.4. The molecule has 0 bridgehead atoms. The van der Waals surface area contributed by atoms with E-state index in [-0.39, 0.29) is 18.6 Å². The third-order valence-electron chi connectivity index (χ3n) is 3.74. The molecule has 20 heavy (non-hydrogen) atoms. The van der Waals surface area contributed by atoms with Crippen molar-refractivity contribution < 1.29 is 14.3 Å². The maximum atomic E-state index is 12.0. The van der Waals surface area contributed by atoms with Crippen LogP contribution in [0.4, 0.5) is 0 Å². The predicted molar refractivity (Wildman–Crippen MR) is 74.2 cm³/mol. The standard InChI is InChI=1S/C15H20N2O3/c1-17(13-7-3-2-4-8-13)14(18)11-20-15(19)12-6-5-9-16-10-12/h5-6,9-10,13H,2-4,7-8,11H2,1H3. The number of ether oxygens (including phenoxy) is 1. The summed E-state index contributed by atoms with van der Waals surface area (Å²) in [5.74, 6) is -0.655. The molecule has 0 spiro atoms. The molecule has 1 heterocycles. The van der Waals surface area contributed by atoms with E-state index >= 15 is 0 Å². The third-order valence-corrected chi connectivity index (χ3v) is 3.74. The Hall–Kier alpha value is -1.91. The molecular formula is C15H20N2O3. The Morgan fingerprint density at radius 3 is 2.75 bits per heavy atom. The van der Waals surface area contributed by atoms with Crippen LogP contribution in [0.2, 0.25) is 0 Å². The molecule has 5 nitrogen and oxygen atoms in total. The van der Waals surface area contributed by atoms with Crippen molar-refractivity contribution in [3.8, 4) is 0 Å². The van der Waals surface area contributed by atoms with E-state index in [9.17, 15) is 9.59 Å². The number of rotatable bonds is 4. The molecule has 0 unspecified atom stereocenters. The second-order valence-corrected chi connectivity index (χ2v) is 5.11. The summed E-state index contributed by atoms with van der Waals surface area (Å²) in [7, 11) is 1.79. The lowest BCUT2D eigenvalue weighted by atomic mass is 9.94. The first-order valence-corrected chi connectivity index (χ1v) is 7.01. The van der Waals surface area contributed by atoms with Crippen molar-refractivity contribution in [3.05, 3.63) is 30.1 Å². The van der Waals surface area contributed by atoms with E-state index in [0.717, 1.165) is 25.7 Å². The normalized spacial score (nSPS) is 15.7. The van der Waals surface area contributed by atoms with Crippen molar-refractivity contribution in [3.63, 3.8) is 0 Å².